The lowest BCUT2D eigenvalue weighted by molar-refractivity contribution is -0.385. The lowest BCUT2D eigenvalue weighted by Crippen LogP contribution is -2.15. The van der Waals surface area contributed by atoms with E-state index in [1.165, 1.54) is 49.6 Å². The third kappa shape index (κ3) is 6.63. The maximum atomic E-state index is 13.1. The van der Waals surface area contributed by atoms with E-state index in [-0.39, 0.29) is 17.1 Å². The number of nitrogens with zero attached hydrogens (tertiary/aromatic N) is 2. The van der Waals surface area contributed by atoms with Crippen molar-refractivity contribution in [1.82, 2.24) is 0 Å². The van der Waals surface area contributed by atoms with E-state index in [0.29, 0.717) is 17.0 Å². The number of hydrogen-bond donors (Lipinski definition) is 2. The minimum absolute atomic E-state index is 0.0198. The normalized spacial score (nSPS) is 11.7. The summed E-state index contributed by atoms with van der Waals surface area (Å²) in [5, 5.41) is 15.4. The Hall–Kier alpha value is -4.26. The quantitative estimate of drug-likeness (QED) is 0.228. The molecule has 0 atom stereocenters. The van der Waals surface area contributed by atoms with Gasteiger partial charge in [0.05, 0.1) is 23.4 Å². The van der Waals surface area contributed by atoms with Gasteiger partial charge in [-0.1, -0.05) is 0 Å². The number of ether oxygens (including phenoxy) is 2. The minimum Gasteiger partial charge on any atom is -0.497 e. The van der Waals surface area contributed by atoms with Gasteiger partial charge in [-0.25, -0.2) is 8.42 Å². The first kappa shape index (κ1) is 25.4. The molecule has 3 aromatic carbocycles. The number of non-ortho nitro benzene ring substituents is 1. The van der Waals surface area contributed by atoms with Crippen molar-refractivity contribution < 1.29 is 31.6 Å². The van der Waals surface area contributed by atoms with Crippen molar-refractivity contribution in [3.05, 3.63) is 82.4 Å². The molecule has 0 unspecified atom stereocenters. The Labute approximate surface area is 199 Å². The van der Waals surface area contributed by atoms with Gasteiger partial charge in [-0.15, -0.1) is 0 Å². The summed E-state index contributed by atoms with van der Waals surface area (Å²) in [4.78, 5) is 10.1. The molecule has 3 rings (SSSR count). The van der Waals surface area contributed by atoms with E-state index in [2.05, 4.69) is 20.0 Å². The fraction of sp³-hybridized carbons (Fsp3) is 0.136. The monoisotopic (exact) mass is 506 g/mol. The van der Waals surface area contributed by atoms with Crippen LogP contribution in [0.15, 0.2) is 76.7 Å². The van der Waals surface area contributed by atoms with Gasteiger partial charge in [-0.2, -0.15) is 13.9 Å². The molecule has 2 N–H and O–H groups in total. The van der Waals surface area contributed by atoms with Crippen molar-refractivity contribution in [1.29, 1.82) is 0 Å². The Bertz CT molecular complexity index is 1330. The smallest absolute Gasteiger partial charge is 0.387 e. The maximum Gasteiger partial charge on any atom is 0.387 e. The zero-order valence-corrected chi connectivity index (χ0v) is 19.3. The van der Waals surface area contributed by atoms with Gasteiger partial charge >= 0.3 is 6.61 Å². The lowest BCUT2D eigenvalue weighted by atomic mass is 10.1. The van der Waals surface area contributed by atoms with Crippen LogP contribution in [0.3, 0.4) is 0 Å². The number of hydrazone groups is 1. The minimum atomic E-state index is -4.26. The standard InChI is InChI=1S/C22H20F2N4O6S/c1-14(15-3-8-19(9-4-15)34-22(23)24)25-26-20-12-7-17(28(29)30)13-21(20)35(31,32)27-16-5-10-18(33-2)11-6-16/h3-13,22,26-27H,1-2H3/b25-14+. The SMILES string of the molecule is COc1ccc(NS(=O)(=O)c2cc([N+](=O)[O-])ccc2N/N=C(\C)c2ccc(OC(F)F)cc2)cc1. The third-order valence-electron chi connectivity index (χ3n) is 4.65. The largest absolute Gasteiger partial charge is 0.497 e. The number of anilines is 2. The molecular formula is C22H20F2N4O6S. The second-order valence-electron chi connectivity index (χ2n) is 6.98. The highest BCUT2D eigenvalue weighted by molar-refractivity contribution is 7.92. The van der Waals surface area contributed by atoms with Crippen molar-refractivity contribution >= 4 is 32.8 Å². The number of alkyl halides is 2. The molecule has 0 saturated heterocycles. The Balaban J connectivity index is 1.89. The second-order valence-corrected chi connectivity index (χ2v) is 8.63. The molecule has 0 aliphatic heterocycles. The summed E-state index contributed by atoms with van der Waals surface area (Å²) in [6, 6.07) is 15.0. The molecule has 10 nitrogen and oxygen atoms in total. The Morgan fingerprint density at radius 3 is 2.23 bits per heavy atom. The van der Waals surface area contributed by atoms with Crippen molar-refractivity contribution in [3.8, 4) is 11.5 Å². The highest BCUT2D eigenvalue weighted by atomic mass is 32.2. The summed E-state index contributed by atoms with van der Waals surface area (Å²) in [5.41, 5.74) is 3.31. The molecule has 0 amide bonds. The first-order valence-electron chi connectivity index (χ1n) is 9.90. The summed E-state index contributed by atoms with van der Waals surface area (Å²) in [6.07, 6.45) is 0. The van der Waals surface area contributed by atoms with Gasteiger partial charge in [-0.05, 0) is 67.1 Å². The predicted molar refractivity (Wildman–Crippen MR) is 126 cm³/mol. The fourth-order valence-corrected chi connectivity index (χ4v) is 4.13. The molecule has 0 aromatic heterocycles. The van der Waals surface area contributed by atoms with Gasteiger partial charge < -0.3 is 9.47 Å². The molecule has 0 aliphatic carbocycles. The molecule has 3 aromatic rings. The van der Waals surface area contributed by atoms with Crippen LogP contribution in [0.2, 0.25) is 0 Å². The van der Waals surface area contributed by atoms with Gasteiger partial charge in [0.15, 0.2) is 0 Å². The maximum absolute atomic E-state index is 13.1. The van der Waals surface area contributed by atoms with Gasteiger partial charge in [0.2, 0.25) is 0 Å². The van der Waals surface area contributed by atoms with Gasteiger partial charge in [0.1, 0.15) is 16.4 Å². The highest BCUT2D eigenvalue weighted by Gasteiger charge is 2.23. The number of methoxy groups -OCH3 is 1. The highest BCUT2D eigenvalue weighted by Crippen LogP contribution is 2.29. The van der Waals surface area contributed by atoms with Crippen molar-refractivity contribution in [2.24, 2.45) is 5.10 Å². The van der Waals surface area contributed by atoms with E-state index in [1.807, 2.05) is 0 Å². The molecule has 0 saturated carbocycles. The molecule has 0 spiro atoms. The zero-order valence-electron chi connectivity index (χ0n) is 18.4. The van der Waals surface area contributed by atoms with Crippen LogP contribution in [-0.2, 0) is 10.0 Å². The number of halogens is 2. The zero-order chi connectivity index (χ0) is 25.6. The molecule has 0 radical (unpaired) electrons. The van der Waals surface area contributed by atoms with E-state index >= 15 is 0 Å². The Morgan fingerprint density at radius 1 is 1.03 bits per heavy atom. The molecule has 35 heavy (non-hydrogen) atoms. The molecule has 0 fully saturated rings. The van der Waals surface area contributed by atoms with E-state index in [4.69, 9.17) is 4.74 Å². The van der Waals surface area contributed by atoms with E-state index in [1.54, 1.807) is 19.1 Å². The van der Waals surface area contributed by atoms with Crippen LogP contribution in [-0.4, -0.2) is 32.8 Å². The number of nitrogens with one attached hydrogen (secondary N) is 2. The number of rotatable bonds is 10. The fourth-order valence-electron chi connectivity index (χ4n) is 2.89. The van der Waals surface area contributed by atoms with E-state index in [0.717, 1.165) is 12.1 Å². The van der Waals surface area contributed by atoms with Crippen LogP contribution in [0.4, 0.5) is 25.8 Å². The van der Waals surface area contributed by atoms with Gasteiger partial charge in [0.25, 0.3) is 15.7 Å². The molecule has 0 bridgehead atoms. The molecular weight excluding hydrogens is 486 g/mol. The second kappa shape index (κ2) is 10.8. The van der Waals surface area contributed by atoms with Crippen LogP contribution in [0.25, 0.3) is 0 Å². The summed E-state index contributed by atoms with van der Waals surface area (Å²) in [6.45, 7) is -1.35. The summed E-state index contributed by atoms with van der Waals surface area (Å²) >= 11 is 0. The third-order valence-corrected chi connectivity index (χ3v) is 6.07. The lowest BCUT2D eigenvalue weighted by Gasteiger charge is -2.13. The molecule has 0 aliphatic rings. The van der Waals surface area contributed by atoms with Gasteiger partial charge in [0, 0.05) is 17.8 Å². The molecule has 0 heterocycles. The number of nitro benzene ring substituents is 1. The first-order valence-corrected chi connectivity index (χ1v) is 11.4. The van der Waals surface area contributed by atoms with Crippen molar-refractivity contribution in [2.45, 2.75) is 18.4 Å². The van der Waals surface area contributed by atoms with Gasteiger partial charge in [-0.3, -0.25) is 20.3 Å². The summed E-state index contributed by atoms with van der Waals surface area (Å²) in [5.74, 6) is 0.488. The van der Waals surface area contributed by atoms with Crippen molar-refractivity contribution in [3.63, 3.8) is 0 Å². The van der Waals surface area contributed by atoms with E-state index < -0.39 is 32.1 Å². The molecule has 13 heteroatoms. The Kier molecular flexibility index (Phi) is 7.81. The average molecular weight is 506 g/mol. The van der Waals surface area contributed by atoms with Crippen LogP contribution in [0.5, 0.6) is 11.5 Å². The van der Waals surface area contributed by atoms with Crippen LogP contribution < -0.4 is 19.6 Å². The van der Waals surface area contributed by atoms with Crippen LogP contribution >= 0.6 is 0 Å². The number of hydrogen-bond acceptors (Lipinski definition) is 8. The summed E-state index contributed by atoms with van der Waals surface area (Å²) in [7, 11) is -2.80. The van der Waals surface area contributed by atoms with E-state index in [9.17, 15) is 27.3 Å². The van der Waals surface area contributed by atoms with Crippen molar-refractivity contribution in [2.75, 3.05) is 17.3 Å². The molecule has 184 valence electrons. The number of nitro groups is 1. The topological polar surface area (TPSA) is 132 Å². The number of sulfonamides is 1. The average Bonchev–Trinajstić information content (AvgIpc) is 2.82. The first-order chi connectivity index (χ1) is 16.6. The summed E-state index contributed by atoms with van der Waals surface area (Å²) < 4.78 is 62.5. The Morgan fingerprint density at radius 2 is 1.66 bits per heavy atom. The predicted octanol–water partition coefficient (Wildman–Crippen LogP) is 4.84. The number of benzene rings is 3. The van der Waals surface area contributed by atoms with Crippen LogP contribution in [0, 0.1) is 10.1 Å². The van der Waals surface area contributed by atoms with Crippen LogP contribution in [0.1, 0.15) is 12.5 Å².